The Morgan fingerprint density at radius 2 is 1.95 bits per heavy atom. The minimum absolute atomic E-state index is 0.453. The van der Waals surface area contributed by atoms with Gasteiger partial charge in [-0.2, -0.15) is 0 Å². The van der Waals surface area contributed by atoms with Gasteiger partial charge in [0.2, 0.25) is 0 Å². The molecule has 0 aromatic carbocycles. The van der Waals surface area contributed by atoms with Crippen LogP contribution in [0, 0.1) is 0 Å². The van der Waals surface area contributed by atoms with Crippen molar-refractivity contribution in [3.8, 4) is 0 Å². The lowest BCUT2D eigenvalue weighted by molar-refractivity contribution is 0.0468. The summed E-state index contributed by atoms with van der Waals surface area (Å²) < 4.78 is 5.94. The quantitative estimate of drug-likeness (QED) is 0.337. The summed E-state index contributed by atoms with van der Waals surface area (Å²) in [5, 5.41) is 6.65. The van der Waals surface area contributed by atoms with E-state index >= 15 is 0 Å². The van der Waals surface area contributed by atoms with E-state index in [1.807, 2.05) is 7.05 Å². The van der Waals surface area contributed by atoms with Gasteiger partial charge in [-0.15, -0.1) is 0 Å². The maximum absolute atomic E-state index is 5.94. The molecule has 0 amide bonds. The Kier molecular flexibility index (Phi) is 8.63. The Bertz CT molecular complexity index is 248. The molecule has 0 radical (unpaired) electrons. The van der Waals surface area contributed by atoms with Gasteiger partial charge in [-0.05, 0) is 26.2 Å². The van der Waals surface area contributed by atoms with Gasteiger partial charge in [0.05, 0.1) is 12.7 Å². The Morgan fingerprint density at radius 1 is 1.26 bits per heavy atom. The number of rotatable bonds is 6. The molecule has 4 nitrogen and oxygen atoms in total. The molecule has 1 atom stereocenters. The van der Waals surface area contributed by atoms with Crippen molar-refractivity contribution < 1.29 is 4.74 Å². The molecular formula is C15H31N3O. The molecule has 0 saturated heterocycles. The Hall–Kier alpha value is -0.770. The van der Waals surface area contributed by atoms with Crippen LogP contribution >= 0.6 is 0 Å². The van der Waals surface area contributed by atoms with Crippen molar-refractivity contribution in [1.82, 2.24) is 10.6 Å². The topological polar surface area (TPSA) is 45.7 Å². The van der Waals surface area contributed by atoms with E-state index in [2.05, 4.69) is 29.5 Å². The molecule has 1 unspecified atom stereocenters. The Morgan fingerprint density at radius 3 is 2.53 bits per heavy atom. The van der Waals surface area contributed by atoms with Gasteiger partial charge in [0, 0.05) is 19.6 Å². The Balaban J connectivity index is 2.11. The zero-order chi connectivity index (χ0) is 13.9. The fourth-order valence-electron chi connectivity index (χ4n) is 2.33. The number of guanidine groups is 1. The highest BCUT2D eigenvalue weighted by Crippen LogP contribution is 2.19. The standard InChI is InChI=1S/C15H31N3O/c1-4-13(2)18-15(16-3)17-11-12-19-14-9-7-5-6-8-10-14/h13-14H,4-12H2,1-3H3,(H2,16,17,18). The van der Waals surface area contributed by atoms with Crippen molar-refractivity contribution in [3.05, 3.63) is 0 Å². The van der Waals surface area contributed by atoms with Crippen LogP contribution in [0.25, 0.3) is 0 Å². The summed E-state index contributed by atoms with van der Waals surface area (Å²) in [7, 11) is 1.81. The molecule has 0 heterocycles. The minimum atomic E-state index is 0.453. The molecule has 0 aliphatic heterocycles. The predicted molar refractivity (Wildman–Crippen MR) is 81.7 cm³/mol. The molecule has 1 saturated carbocycles. The third-order valence-electron chi connectivity index (χ3n) is 3.77. The second-order valence-electron chi connectivity index (χ2n) is 5.44. The first-order valence-corrected chi connectivity index (χ1v) is 7.85. The highest BCUT2D eigenvalue weighted by atomic mass is 16.5. The molecule has 19 heavy (non-hydrogen) atoms. The summed E-state index contributed by atoms with van der Waals surface area (Å²) in [6, 6.07) is 0.453. The summed E-state index contributed by atoms with van der Waals surface area (Å²) in [6.45, 7) is 5.92. The van der Waals surface area contributed by atoms with Crippen LogP contribution in [0.1, 0.15) is 58.8 Å². The predicted octanol–water partition coefficient (Wildman–Crippen LogP) is 2.69. The number of nitrogens with zero attached hydrogens (tertiary/aromatic N) is 1. The summed E-state index contributed by atoms with van der Waals surface area (Å²) in [4.78, 5) is 4.21. The van der Waals surface area contributed by atoms with Crippen molar-refractivity contribution in [1.29, 1.82) is 0 Å². The largest absolute Gasteiger partial charge is 0.376 e. The Labute approximate surface area is 118 Å². The van der Waals surface area contributed by atoms with Gasteiger partial charge >= 0.3 is 0 Å². The average Bonchev–Trinajstić information content (AvgIpc) is 2.70. The second-order valence-corrected chi connectivity index (χ2v) is 5.44. The van der Waals surface area contributed by atoms with E-state index in [1.165, 1.54) is 38.5 Å². The van der Waals surface area contributed by atoms with Gasteiger partial charge in [0.25, 0.3) is 0 Å². The highest BCUT2D eigenvalue weighted by molar-refractivity contribution is 5.79. The van der Waals surface area contributed by atoms with Crippen molar-refractivity contribution in [3.63, 3.8) is 0 Å². The summed E-state index contributed by atoms with van der Waals surface area (Å²) in [5.41, 5.74) is 0. The molecule has 1 aliphatic rings. The lowest BCUT2D eigenvalue weighted by Crippen LogP contribution is -2.43. The lowest BCUT2D eigenvalue weighted by atomic mass is 10.1. The first-order valence-electron chi connectivity index (χ1n) is 7.85. The van der Waals surface area contributed by atoms with E-state index in [0.717, 1.165) is 25.5 Å². The minimum Gasteiger partial charge on any atom is -0.376 e. The normalized spacial score (nSPS) is 19.8. The van der Waals surface area contributed by atoms with Gasteiger partial charge in [0.15, 0.2) is 5.96 Å². The molecule has 0 aromatic rings. The fourth-order valence-corrected chi connectivity index (χ4v) is 2.33. The second kappa shape index (κ2) is 10.1. The third kappa shape index (κ3) is 7.41. The molecule has 2 N–H and O–H groups in total. The monoisotopic (exact) mass is 269 g/mol. The molecule has 112 valence electrons. The molecule has 1 rings (SSSR count). The van der Waals surface area contributed by atoms with Gasteiger partial charge in [0.1, 0.15) is 0 Å². The number of aliphatic imine (C=N–C) groups is 1. The van der Waals surface area contributed by atoms with Crippen LogP contribution in [0.2, 0.25) is 0 Å². The van der Waals surface area contributed by atoms with Crippen molar-refractivity contribution >= 4 is 5.96 Å². The van der Waals surface area contributed by atoms with E-state index in [4.69, 9.17) is 4.74 Å². The van der Waals surface area contributed by atoms with Crippen LogP contribution in [0.15, 0.2) is 4.99 Å². The number of hydrogen-bond acceptors (Lipinski definition) is 2. The maximum atomic E-state index is 5.94. The van der Waals surface area contributed by atoms with Crippen LogP contribution < -0.4 is 10.6 Å². The van der Waals surface area contributed by atoms with Gasteiger partial charge in [-0.3, -0.25) is 4.99 Å². The van der Waals surface area contributed by atoms with Gasteiger partial charge < -0.3 is 15.4 Å². The summed E-state index contributed by atoms with van der Waals surface area (Å²) in [5.74, 6) is 0.874. The van der Waals surface area contributed by atoms with Crippen molar-refractivity contribution in [2.24, 2.45) is 4.99 Å². The molecule has 4 heteroatoms. The van der Waals surface area contributed by atoms with Crippen LogP contribution in [-0.4, -0.2) is 38.3 Å². The molecule has 1 fully saturated rings. The maximum Gasteiger partial charge on any atom is 0.191 e. The smallest absolute Gasteiger partial charge is 0.191 e. The van der Waals surface area contributed by atoms with Gasteiger partial charge in [-0.1, -0.05) is 32.6 Å². The van der Waals surface area contributed by atoms with Crippen LogP contribution in [-0.2, 0) is 4.74 Å². The van der Waals surface area contributed by atoms with Crippen LogP contribution in [0.4, 0.5) is 0 Å². The van der Waals surface area contributed by atoms with Crippen LogP contribution in [0.3, 0.4) is 0 Å². The fraction of sp³-hybridized carbons (Fsp3) is 0.933. The molecule has 1 aliphatic carbocycles. The van der Waals surface area contributed by atoms with E-state index in [1.54, 1.807) is 0 Å². The first-order chi connectivity index (χ1) is 9.26. The first kappa shape index (κ1) is 16.3. The summed E-state index contributed by atoms with van der Waals surface area (Å²) in [6.07, 6.45) is 9.46. The van der Waals surface area contributed by atoms with Gasteiger partial charge in [-0.25, -0.2) is 0 Å². The van der Waals surface area contributed by atoms with Crippen molar-refractivity contribution in [2.45, 2.75) is 70.9 Å². The lowest BCUT2D eigenvalue weighted by Gasteiger charge is -2.18. The molecule has 0 spiro atoms. The van der Waals surface area contributed by atoms with Crippen LogP contribution in [0.5, 0.6) is 0 Å². The van der Waals surface area contributed by atoms with E-state index in [-0.39, 0.29) is 0 Å². The molecule has 0 aromatic heterocycles. The zero-order valence-electron chi connectivity index (χ0n) is 12.9. The van der Waals surface area contributed by atoms with E-state index in [9.17, 15) is 0 Å². The van der Waals surface area contributed by atoms with E-state index in [0.29, 0.717) is 12.1 Å². The SMILES string of the molecule is CCC(C)NC(=NC)NCCOC1CCCCCC1. The number of hydrogen-bond donors (Lipinski definition) is 2. The summed E-state index contributed by atoms with van der Waals surface area (Å²) >= 11 is 0. The number of nitrogens with one attached hydrogen (secondary N) is 2. The third-order valence-corrected chi connectivity index (χ3v) is 3.77. The average molecular weight is 269 g/mol. The zero-order valence-corrected chi connectivity index (χ0v) is 12.9. The molecule has 0 bridgehead atoms. The van der Waals surface area contributed by atoms with E-state index < -0.39 is 0 Å². The number of ether oxygens (including phenoxy) is 1. The molecular weight excluding hydrogens is 238 g/mol. The highest BCUT2D eigenvalue weighted by Gasteiger charge is 2.12. The van der Waals surface area contributed by atoms with Crippen molar-refractivity contribution in [2.75, 3.05) is 20.2 Å².